The molecule has 1 aliphatic rings. The molecule has 11 aromatic rings. The van der Waals surface area contributed by atoms with Crippen molar-refractivity contribution in [2.75, 3.05) is 4.90 Å². The molecule has 2 heteroatoms. The fourth-order valence-electron chi connectivity index (χ4n) is 10.4. The van der Waals surface area contributed by atoms with Gasteiger partial charge in [-0.25, -0.2) is 0 Å². The molecule has 61 heavy (non-hydrogen) atoms. The molecule has 0 fully saturated rings. The Bertz CT molecular complexity index is 3370. The molecule has 0 bridgehead atoms. The van der Waals surface area contributed by atoms with Crippen LogP contribution < -0.4 is 4.90 Å². The van der Waals surface area contributed by atoms with E-state index in [9.17, 15) is 0 Å². The fourth-order valence-corrected chi connectivity index (χ4v) is 10.4. The summed E-state index contributed by atoms with van der Waals surface area (Å²) in [5.74, 6) is 0. The van der Waals surface area contributed by atoms with E-state index in [-0.39, 0.29) is 0 Å². The minimum atomic E-state index is -0.536. The van der Waals surface area contributed by atoms with Gasteiger partial charge in [0, 0.05) is 27.4 Å². The van der Waals surface area contributed by atoms with E-state index < -0.39 is 5.41 Å². The summed E-state index contributed by atoms with van der Waals surface area (Å²) in [5, 5.41) is 4.86. The van der Waals surface area contributed by atoms with Crippen molar-refractivity contribution in [2.45, 2.75) is 5.41 Å². The number of para-hydroxylation sites is 2. The third-order valence-electron chi connectivity index (χ3n) is 12.9. The Morgan fingerprint density at radius 3 is 1.70 bits per heavy atom. The van der Waals surface area contributed by atoms with Crippen molar-refractivity contribution in [3.05, 3.63) is 265 Å². The average Bonchev–Trinajstić information content (AvgIpc) is 3.83. The number of benzene rings is 10. The normalized spacial score (nSPS) is 12.7. The molecular formula is C59H40N2. The topological polar surface area (TPSA) is 8.17 Å². The Balaban J connectivity index is 1.19. The van der Waals surface area contributed by atoms with Gasteiger partial charge in [-0.15, -0.1) is 0 Å². The highest BCUT2D eigenvalue weighted by atomic mass is 15.2. The van der Waals surface area contributed by atoms with Gasteiger partial charge in [0.1, 0.15) is 0 Å². The highest BCUT2D eigenvalue weighted by Gasteiger charge is 2.46. The molecule has 0 saturated heterocycles. The minimum absolute atomic E-state index is 0.536. The molecule has 0 unspecified atom stereocenters. The lowest BCUT2D eigenvalue weighted by atomic mass is 9.67. The largest absolute Gasteiger partial charge is 0.309 e. The van der Waals surface area contributed by atoms with Crippen LogP contribution in [0, 0.1) is 0 Å². The van der Waals surface area contributed by atoms with Crippen molar-refractivity contribution in [2.24, 2.45) is 0 Å². The maximum Gasteiger partial charge on any atom is 0.0714 e. The first-order valence-electron chi connectivity index (χ1n) is 21.1. The van der Waals surface area contributed by atoms with E-state index in [0.29, 0.717) is 0 Å². The number of anilines is 3. The highest BCUT2D eigenvalue weighted by molar-refractivity contribution is 6.17. The van der Waals surface area contributed by atoms with Crippen molar-refractivity contribution in [1.82, 2.24) is 4.57 Å². The quantitative estimate of drug-likeness (QED) is 0.156. The maximum atomic E-state index is 2.52. The van der Waals surface area contributed by atoms with E-state index in [1.165, 1.54) is 77.3 Å². The van der Waals surface area contributed by atoms with Crippen LogP contribution in [0.15, 0.2) is 243 Å². The summed E-state index contributed by atoms with van der Waals surface area (Å²) in [6.45, 7) is 0. The van der Waals surface area contributed by atoms with Crippen molar-refractivity contribution >= 4 is 49.6 Å². The van der Waals surface area contributed by atoms with Crippen molar-refractivity contribution in [3.63, 3.8) is 0 Å². The molecular weight excluding hydrogens is 737 g/mol. The number of aromatic nitrogens is 1. The molecule has 1 aromatic heterocycles. The average molecular weight is 777 g/mol. The van der Waals surface area contributed by atoms with Crippen LogP contribution in [-0.4, -0.2) is 4.57 Å². The standard InChI is InChI=1S/C59H40N2/c1-4-20-41(21-5-1)46-29-13-16-33-53(46)60(56-36-19-37-57-58(56)50-31-14-17-34-55(50)61(57)54-35-18-23-42-22-10-11-28-47(42)54)45-38-39-49-48-30-12-15-32-51(48)59(52(49)40-45,43-24-6-2-7-25-43)44-26-8-3-9-27-44/h1-40H. The molecule has 0 radical (unpaired) electrons. The van der Waals surface area contributed by atoms with Crippen LogP contribution in [0.3, 0.4) is 0 Å². The van der Waals surface area contributed by atoms with Crippen molar-refractivity contribution in [3.8, 4) is 27.9 Å². The van der Waals surface area contributed by atoms with E-state index >= 15 is 0 Å². The van der Waals surface area contributed by atoms with Crippen LogP contribution >= 0.6 is 0 Å². The Kier molecular flexibility index (Phi) is 8.11. The number of hydrogen-bond donors (Lipinski definition) is 0. The first-order valence-corrected chi connectivity index (χ1v) is 21.1. The summed E-state index contributed by atoms with van der Waals surface area (Å²) in [5.41, 5.74) is 16.2. The Morgan fingerprint density at radius 2 is 0.918 bits per heavy atom. The molecule has 10 aromatic carbocycles. The van der Waals surface area contributed by atoms with Crippen LogP contribution in [0.25, 0.3) is 60.5 Å². The van der Waals surface area contributed by atoms with Gasteiger partial charge in [0.25, 0.3) is 0 Å². The molecule has 0 saturated carbocycles. The fraction of sp³-hybridized carbons (Fsp3) is 0.0169. The predicted octanol–water partition coefficient (Wildman–Crippen LogP) is 15.4. The first kappa shape index (κ1) is 35.0. The van der Waals surface area contributed by atoms with Crippen molar-refractivity contribution in [1.29, 1.82) is 0 Å². The smallest absolute Gasteiger partial charge is 0.0714 e. The second-order valence-electron chi connectivity index (χ2n) is 16.0. The van der Waals surface area contributed by atoms with Gasteiger partial charge >= 0.3 is 0 Å². The summed E-state index contributed by atoms with van der Waals surface area (Å²) < 4.78 is 2.47. The molecule has 0 aliphatic heterocycles. The maximum absolute atomic E-state index is 2.52. The zero-order valence-electron chi connectivity index (χ0n) is 33.5. The number of rotatable bonds is 7. The van der Waals surface area contributed by atoms with Crippen LogP contribution in [0.2, 0.25) is 0 Å². The van der Waals surface area contributed by atoms with Gasteiger partial charge in [-0.1, -0.05) is 200 Å². The third-order valence-corrected chi connectivity index (χ3v) is 12.9. The predicted molar refractivity (Wildman–Crippen MR) is 256 cm³/mol. The van der Waals surface area contributed by atoms with Gasteiger partial charge in [-0.3, -0.25) is 0 Å². The lowest BCUT2D eigenvalue weighted by Crippen LogP contribution is -2.28. The van der Waals surface area contributed by atoms with Gasteiger partial charge in [-0.05, 0) is 86.8 Å². The van der Waals surface area contributed by atoms with E-state index in [1.807, 2.05) is 0 Å². The van der Waals surface area contributed by atoms with Crippen LogP contribution in [0.1, 0.15) is 22.3 Å². The molecule has 0 N–H and O–H groups in total. The van der Waals surface area contributed by atoms with Crippen molar-refractivity contribution < 1.29 is 0 Å². The molecule has 0 atom stereocenters. The third kappa shape index (κ3) is 5.29. The second kappa shape index (κ2) is 14.1. The van der Waals surface area contributed by atoms with Crippen LogP contribution in [-0.2, 0) is 5.41 Å². The molecule has 12 rings (SSSR count). The Labute approximate surface area is 355 Å². The number of nitrogens with zero attached hydrogens (tertiary/aromatic N) is 2. The van der Waals surface area contributed by atoms with E-state index in [4.69, 9.17) is 0 Å². The Morgan fingerprint density at radius 1 is 0.361 bits per heavy atom. The molecule has 1 heterocycles. The first-order chi connectivity index (χ1) is 30.3. The monoisotopic (exact) mass is 776 g/mol. The molecule has 0 spiro atoms. The van der Waals surface area contributed by atoms with E-state index in [0.717, 1.165) is 22.6 Å². The van der Waals surface area contributed by atoms with E-state index in [1.54, 1.807) is 0 Å². The summed E-state index contributed by atoms with van der Waals surface area (Å²) in [7, 11) is 0. The van der Waals surface area contributed by atoms with Crippen LogP contribution in [0.4, 0.5) is 17.1 Å². The number of fused-ring (bicyclic) bond motifs is 7. The van der Waals surface area contributed by atoms with Gasteiger partial charge in [0.2, 0.25) is 0 Å². The molecule has 286 valence electrons. The van der Waals surface area contributed by atoms with Gasteiger partial charge < -0.3 is 9.47 Å². The summed E-state index contributed by atoms with van der Waals surface area (Å²) >= 11 is 0. The summed E-state index contributed by atoms with van der Waals surface area (Å²) in [4.78, 5) is 2.52. The lowest BCUT2D eigenvalue weighted by molar-refractivity contribution is 0.768. The zero-order valence-corrected chi connectivity index (χ0v) is 33.5. The Hall–Kier alpha value is -7.94. The van der Waals surface area contributed by atoms with Gasteiger partial charge in [-0.2, -0.15) is 0 Å². The summed E-state index contributed by atoms with van der Waals surface area (Å²) in [6.07, 6.45) is 0. The van der Waals surface area contributed by atoms with Crippen LogP contribution in [0.5, 0.6) is 0 Å². The highest BCUT2D eigenvalue weighted by Crippen LogP contribution is 2.58. The molecule has 2 nitrogen and oxygen atoms in total. The minimum Gasteiger partial charge on any atom is -0.309 e. The second-order valence-corrected chi connectivity index (χ2v) is 16.0. The zero-order chi connectivity index (χ0) is 40.3. The van der Waals surface area contributed by atoms with Gasteiger partial charge in [0.15, 0.2) is 0 Å². The lowest BCUT2D eigenvalue weighted by Gasteiger charge is -2.35. The number of hydrogen-bond acceptors (Lipinski definition) is 1. The summed E-state index contributed by atoms with van der Waals surface area (Å²) in [6, 6.07) is 89.2. The van der Waals surface area contributed by atoms with E-state index in [2.05, 4.69) is 252 Å². The molecule has 1 aliphatic carbocycles. The van der Waals surface area contributed by atoms with Gasteiger partial charge in [0.05, 0.1) is 33.5 Å². The molecule has 0 amide bonds. The SMILES string of the molecule is c1ccc(-c2ccccc2N(c2ccc3c(c2)C(c2ccccc2)(c2ccccc2)c2ccccc2-3)c2cccc3c2c2ccccc2n3-c2cccc3ccccc23)cc1.